The summed E-state index contributed by atoms with van der Waals surface area (Å²) in [6.07, 6.45) is 0. The number of hydrogen-bond donors (Lipinski definition) is 1. The Bertz CT molecular complexity index is 125. The zero-order chi connectivity index (χ0) is 12.5. The van der Waals surface area contributed by atoms with Crippen molar-refractivity contribution in [2.24, 2.45) is 0 Å². The normalized spacial score (nSPS) is 11.7. The molecule has 1 N–H and O–H groups in total. The van der Waals surface area contributed by atoms with E-state index in [1.807, 2.05) is 0 Å². The molecule has 2 nitrogen and oxygen atoms in total. The first-order valence-corrected chi connectivity index (χ1v) is 11.4. The standard InChI is InChI=1S/C10H23N2.2ClH.Ga/c1-9(2,3)11-7-8-12-10(4,5)6;;;/h11H,7-8H2,1-6H3;2*1H;/q-1;;;+2/p-2. The third kappa shape index (κ3) is 25.4. The van der Waals surface area contributed by atoms with Crippen LogP contribution in [0.2, 0.25) is 0 Å². The molecule has 0 unspecified atom stereocenters. The van der Waals surface area contributed by atoms with Gasteiger partial charge in [-0.15, -0.1) is 12.1 Å². The number of halogens is 2. The minimum absolute atomic E-state index is 0.111. The quantitative estimate of drug-likeness (QED) is 0.626. The molecule has 0 aliphatic carbocycles. The van der Waals surface area contributed by atoms with Crippen LogP contribution in [0.4, 0.5) is 0 Å². The Morgan fingerprint density at radius 3 is 1.73 bits per heavy atom. The average molecular weight is 312 g/mol. The van der Waals surface area contributed by atoms with Crippen LogP contribution in [0.5, 0.6) is 0 Å². The fourth-order valence-corrected chi connectivity index (χ4v) is 0.822. The van der Waals surface area contributed by atoms with Crippen molar-refractivity contribution in [2.45, 2.75) is 52.6 Å². The van der Waals surface area contributed by atoms with Crippen LogP contribution in [0.1, 0.15) is 41.5 Å². The molecule has 0 heterocycles. The molecule has 0 bridgehead atoms. The summed E-state index contributed by atoms with van der Waals surface area (Å²) in [5, 5.41) is 7.90. The Hall–Kier alpha value is 1.14. The Kier molecular flexibility index (Phi) is 11.3. The van der Waals surface area contributed by atoms with Crippen LogP contribution >= 0.6 is 19.3 Å². The first-order chi connectivity index (χ1) is 6.62. The van der Waals surface area contributed by atoms with Crippen LogP contribution in [-0.4, -0.2) is 39.6 Å². The van der Waals surface area contributed by atoms with E-state index in [1.165, 1.54) is 0 Å². The number of rotatable bonds is 3. The van der Waals surface area contributed by atoms with Crippen molar-refractivity contribution in [1.29, 1.82) is 0 Å². The Labute approximate surface area is 111 Å². The molecular weight excluding hydrogens is 289 g/mol. The molecule has 0 aromatic carbocycles. The van der Waals surface area contributed by atoms with E-state index >= 15 is 0 Å². The van der Waals surface area contributed by atoms with E-state index in [4.69, 9.17) is 19.3 Å². The van der Waals surface area contributed by atoms with Gasteiger partial charge in [0.15, 0.2) is 0 Å². The summed E-state index contributed by atoms with van der Waals surface area (Å²) in [5.41, 5.74) is 0.326. The molecule has 5 heteroatoms. The average Bonchev–Trinajstić information content (AvgIpc) is 1.96. The third-order valence-electron chi connectivity index (χ3n) is 1.35. The molecular formula is C10H23Cl2GaN2-. The van der Waals surface area contributed by atoms with Crippen LogP contribution in [0.15, 0.2) is 0 Å². The van der Waals surface area contributed by atoms with Crippen molar-refractivity contribution < 1.29 is 0 Å². The summed E-state index contributed by atoms with van der Waals surface area (Å²) in [6.45, 7) is 14.8. The van der Waals surface area contributed by atoms with Gasteiger partial charge in [-0.05, 0) is 27.3 Å². The number of hydrogen-bond acceptors (Lipinski definition) is 1. The first kappa shape index (κ1) is 18.5. The van der Waals surface area contributed by atoms with Crippen molar-refractivity contribution in [3.63, 3.8) is 0 Å². The van der Waals surface area contributed by atoms with E-state index in [0.29, 0.717) is 0 Å². The van der Waals surface area contributed by atoms with E-state index in [2.05, 4.69) is 52.2 Å². The summed E-state index contributed by atoms with van der Waals surface area (Å²) < 4.78 is 0. The molecule has 0 aliphatic rings. The second-order valence-corrected chi connectivity index (χ2v) is 9.09. The Morgan fingerprint density at radius 2 is 1.47 bits per heavy atom. The summed E-state index contributed by atoms with van der Waals surface area (Å²) in [7, 11) is 9.84. The Balaban J connectivity index is 0. The van der Waals surface area contributed by atoms with Crippen molar-refractivity contribution in [3.8, 4) is 0 Å². The molecule has 91 valence electrons. The second kappa shape index (κ2) is 9.20. The van der Waals surface area contributed by atoms with Gasteiger partial charge < -0.3 is 10.6 Å². The van der Waals surface area contributed by atoms with Gasteiger partial charge in [-0.25, -0.2) is 0 Å². The van der Waals surface area contributed by atoms with Crippen LogP contribution < -0.4 is 5.32 Å². The maximum atomic E-state index is 4.92. The molecule has 0 atom stereocenters. The molecule has 0 aromatic rings. The molecule has 15 heavy (non-hydrogen) atoms. The topological polar surface area (TPSA) is 26.1 Å². The van der Waals surface area contributed by atoms with Gasteiger partial charge in [0.1, 0.15) is 0 Å². The number of nitrogens with zero attached hydrogens (tertiary/aromatic N) is 1. The fourth-order valence-electron chi connectivity index (χ4n) is 0.822. The van der Waals surface area contributed by atoms with Gasteiger partial charge in [0.25, 0.3) is 0 Å². The zero-order valence-electron chi connectivity index (χ0n) is 10.7. The third-order valence-corrected chi connectivity index (χ3v) is 1.35. The van der Waals surface area contributed by atoms with E-state index < -0.39 is 15.4 Å². The van der Waals surface area contributed by atoms with Crippen molar-refractivity contribution in [3.05, 3.63) is 5.32 Å². The molecule has 0 fully saturated rings. The monoisotopic (exact) mass is 310 g/mol. The van der Waals surface area contributed by atoms with Crippen molar-refractivity contribution in [2.75, 3.05) is 13.1 Å². The van der Waals surface area contributed by atoms with Gasteiger partial charge in [0.2, 0.25) is 0 Å². The van der Waals surface area contributed by atoms with Gasteiger partial charge in [-0.1, -0.05) is 20.8 Å². The zero-order valence-corrected chi connectivity index (χ0v) is 14.6. The second-order valence-electron chi connectivity index (χ2n) is 5.31. The van der Waals surface area contributed by atoms with E-state index in [1.54, 1.807) is 0 Å². The summed E-state index contributed by atoms with van der Waals surface area (Å²) in [6, 6.07) is 0. The van der Waals surface area contributed by atoms with Crippen molar-refractivity contribution >= 4 is 34.7 Å². The van der Waals surface area contributed by atoms with Gasteiger partial charge in [0, 0.05) is 5.54 Å². The fraction of sp³-hybridized carbons (Fsp3) is 1.00. The maximum absolute atomic E-state index is 4.92. The molecule has 0 aliphatic heterocycles. The molecule has 0 amide bonds. The summed E-state index contributed by atoms with van der Waals surface area (Å²) >= 11 is -0.743. The SMILES string of the molecule is CC(C)(C)[N-]CCNC(C)(C)C.[Cl][Ga][Cl]. The van der Waals surface area contributed by atoms with Crippen LogP contribution in [0.3, 0.4) is 0 Å². The molecule has 0 saturated heterocycles. The Morgan fingerprint density at radius 1 is 1.07 bits per heavy atom. The van der Waals surface area contributed by atoms with Crippen LogP contribution in [-0.2, 0) is 0 Å². The molecule has 0 aromatic heterocycles. The van der Waals surface area contributed by atoms with Gasteiger partial charge in [0.05, 0.1) is 0 Å². The predicted octanol–water partition coefficient (Wildman–Crippen LogP) is 3.54. The number of nitrogens with one attached hydrogen (secondary N) is 1. The molecule has 0 saturated carbocycles. The van der Waals surface area contributed by atoms with Gasteiger partial charge in [-0.3, -0.25) is 0 Å². The van der Waals surface area contributed by atoms with E-state index in [-0.39, 0.29) is 11.1 Å². The summed E-state index contributed by atoms with van der Waals surface area (Å²) in [4.78, 5) is 0. The van der Waals surface area contributed by atoms with Gasteiger partial charge >= 0.3 is 34.7 Å². The van der Waals surface area contributed by atoms with E-state index in [0.717, 1.165) is 13.1 Å². The minimum atomic E-state index is -0.743. The van der Waals surface area contributed by atoms with Crippen LogP contribution in [0, 0.1) is 0 Å². The molecule has 0 rings (SSSR count). The van der Waals surface area contributed by atoms with Crippen LogP contribution in [0.25, 0.3) is 5.32 Å². The predicted molar refractivity (Wildman–Crippen MR) is 73.2 cm³/mol. The van der Waals surface area contributed by atoms with Crippen molar-refractivity contribution in [1.82, 2.24) is 5.32 Å². The molecule has 1 radical (unpaired) electrons. The first-order valence-electron chi connectivity index (χ1n) is 5.08. The molecule has 0 spiro atoms. The van der Waals surface area contributed by atoms with Gasteiger partial charge in [-0.2, -0.15) is 0 Å². The summed E-state index contributed by atoms with van der Waals surface area (Å²) in [5.74, 6) is 0. The van der Waals surface area contributed by atoms with E-state index in [9.17, 15) is 0 Å².